The van der Waals surface area contributed by atoms with Gasteiger partial charge in [-0.3, -0.25) is 5.41 Å². The molecule has 0 aliphatic heterocycles. The third kappa shape index (κ3) is 3.94. The SMILES string of the molecule is CC(C)(C)Sc1ccc(C(F)(F)F)c(C(=N)N)c1. The maximum atomic E-state index is 12.7. The Hall–Kier alpha value is -1.17. The van der Waals surface area contributed by atoms with Gasteiger partial charge in [-0.1, -0.05) is 20.8 Å². The van der Waals surface area contributed by atoms with Crippen molar-refractivity contribution in [3.63, 3.8) is 0 Å². The van der Waals surface area contributed by atoms with Gasteiger partial charge < -0.3 is 5.73 Å². The van der Waals surface area contributed by atoms with Crippen molar-refractivity contribution in [2.24, 2.45) is 5.73 Å². The molecule has 0 aliphatic carbocycles. The molecule has 0 amide bonds. The van der Waals surface area contributed by atoms with Crippen molar-refractivity contribution < 1.29 is 13.2 Å². The number of rotatable bonds is 2. The van der Waals surface area contributed by atoms with Gasteiger partial charge in [-0.05, 0) is 18.2 Å². The monoisotopic (exact) mass is 276 g/mol. The molecule has 3 N–H and O–H groups in total. The highest BCUT2D eigenvalue weighted by Gasteiger charge is 2.34. The number of alkyl halides is 3. The van der Waals surface area contributed by atoms with E-state index in [1.54, 1.807) is 0 Å². The first-order valence-corrected chi connectivity index (χ1v) is 6.07. The number of nitrogens with two attached hydrogens (primary N) is 1. The summed E-state index contributed by atoms with van der Waals surface area (Å²) < 4.78 is 38.0. The minimum absolute atomic E-state index is 0.117. The Labute approximate surface area is 108 Å². The van der Waals surface area contributed by atoms with Crippen LogP contribution in [0.2, 0.25) is 0 Å². The molecule has 0 fully saturated rings. The van der Waals surface area contributed by atoms with E-state index in [1.807, 2.05) is 20.8 Å². The summed E-state index contributed by atoms with van der Waals surface area (Å²) in [5.74, 6) is -0.571. The quantitative estimate of drug-likeness (QED) is 0.489. The Morgan fingerprint density at radius 2 is 1.78 bits per heavy atom. The Kier molecular flexibility index (Phi) is 4.00. The molecule has 0 radical (unpaired) electrons. The van der Waals surface area contributed by atoms with Gasteiger partial charge in [0.05, 0.1) is 5.56 Å². The molecule has 100 valence electrons. The zero-order chi connectivity index (χ0) is 14.1. The zero-order valence-electron chi connectivity index (χ0n) is 10.4. The van der Waals surface area contributed by atoms with Crippen molar-refractivity contribution >= 4 is 17.6 Å². The fraction of sp³-hybridized carbons (Fsp3) is 0.417. The smallest absolute Gasteiger partial charge is 0.384 e. The van der Waals surface area contributed by atoms with Gasteiger partial charge in [0.2, 0.25) is 0 Å². The fourth-order valence-corrected chi connectivity index (χ4v) is 2.43. The molecule has 0 aliphatic rings. The molecule has 0 atom stereocenters. The lowest BCUT2D eigenvalue weighted by atomic mass is 10.1. The van der Waals surface area contributed by atoms with Crippen LogP contribution in [0.1, 0.15) is 31.9 Å². The highest BCUT2D eigenvalue weighted by Crippen LogP contribution is 2.37. The molecule has 2 nitrogen and oxygen atoms in total. The predicted octanol–water partition coefficient (Wildman–Crippen LogP) is 3.88. The molecule has 0 aromatic heterocycles. The minimum Gasteiger partial charge on any atom is -0.384 e. The van der Waals surface area contributed by atoms with Gasteiger partial charge in [-0.25, -0.2) is 0 Å². The Balaban J connectivity index is 3.24. The number of hydrogen-bond donors (Lipinski definition) is 2. The fourth-order valence-electron chi connectivity index (χ4n) is 1.41. The molecule has 0 bridgehead atoms. The average Bonchev–Trinajstić information content (AvgIpc) is 2.12. The van der Waals surface area contributed by atoms with E-state index < -0.39 is 17.6 Å². The molecule has 1 aromatic carbocycles. The predicted molar refractivity (Wildman–Crippen MR) is 68.1 cm³/mol. The summed E-state index contributed by atoms with van der Waals surface area (Å²) in [7, 11) is 0. The maximum Gasteiger partial charge on any atom is 0.417 e. The lowest BCUT2D eigenvalue weighted by Crippen LogP contribution is -2.19. The highest BCUT2D eigenvalue weighted by atomic mass is 32.2. The second kappa shape index (κ2) is 4.84. The van der Waals surface area contributed by atoms with Crippen LogP contribution in [0.25, 0.3) is 0 Å². The van der Waals surface area contributed by atoms with E-state index in [0.717, 1.165) is 6.07 Å². The first kappa shape index (κ1) is 14.9. The van der Waals surface area contributed by atoms with Crippen molar-refractivity contribution in [1.82, 2.24) is 0 Å². The number of thioether (sulfide) groups is 1. The van der Waals surface area contributed by atoms with E-state index in [1.165, 1.54) is 23.9 Å². The van der Waals surface area contributed by atoms with Crippen molar-refractivity contribution in [1.29, 1.82) is 5.41 Å². The van der Waals surface area contributed by atoms with Crippen LogP contribution >= 0.6 is 11.8 Å². The van der Waals surface area contributed by atoms with Crippen molar-refractivity contribution in [2.45, 2.75) is 36.6 Å². The van der Waals surface area contributed by atoms with Gasteiger partial charge in [-0.15, -0.1) is 11.8 Å². The van der Waals surface area contributed by atoms with Crippen LogP contribution in [0, 0.1) is 5.41 Å². The molecule has 0 unspecified atom stereocenters. The average molecular weight is 276 g/mol. The highest BCUT2D eigenvalue weighted by molar-refractivity contribution is 8.00. The Morgan fingerprint density at radius 1 is 1.22 bits per heavy atom. The molecular weight excluding hydrogens is 261 g/mol. The number of nitrogen functional groups attached to an aromatic ring is 1. The summed E-state index contributed by atoms with van der Waals surface area (Å²) in [5, 5.41) is 7.25. The van der Waals surface area contributed by atoms with Crippen molar-refractivity contribution in [3.05, 3.63) is 29.3 Å². The zero-order valence-corrected chi connectivity index (χ0v) is 11.2. The molecule has 0 saturated heterocycles. The van der Waals surface area contributed by atoms with Gasteiger partial charge in [0.15, 0.2) is 0 Å². The van der Waals surface area contributed by atoms with Gasteiger partial charge in [0, 0.05) is 15.2 Å². The van der Waals surface area contributed by atoms with Crippen LogP contribution in [-0.4, -0.2) is 10.6 Å². The van der Waals surface area contributed by atoms with Crippen LogP contribution in [0.3, 0.4) is 0 Å². The number of nitrogens with one attached hydrogen (secondary N) is 1. The van der Waals surface area contributed by atoms with Crippen LogP contribution in [0.5, 0.6) is 0 Å². The molecular formula is C12H15F3N2S. The van der Waals surface area contributed by atoms with Crippen LogP contribution in [-0.2, 0) is 6.18 Å². The largest absolute Gasteiger partial charge is 0.417 e. The first-order chi connectivity index (χ1) is 8.00. The van der Waals surface area contributed by atoms with Crippen molar-refractivity contribution in [3.8, 4) is 0 Å². The van der Waals surface area contributed by atoms with Crippen LogP contribution < -0.4 is 5.73 Å². The van der Waals surface area contributed by atoms with Gasteiger partial charge in [0.25, 0.3) is 0 Å². The van der Waals surface area contributed by atoms with E-state index in [2.05, 4.69) is 0 Å². The van der Waals surface area contributed by atoms with Crippen molar-refractivity contribution in [2.75, 3.05) is 0 Å². The topological polar surface area (TPSA) is 49.9 Å². The van der Waals surface area contributed by atoms with Gasteiger partial charge in [-0.2, -0.15) is 13.2 Å². The van der Waals surface area contributed by atoms with Crippen LogP contribution in [0.4, 0.5) is 13.2 Å². The minimum atomic E-state index is -4.49. The third-order valence-electron chi connectivity index (χ3n) is 2.01. The standard InChI is InChI=1S/C12H15F3N2S/c1-11(2,3)18-7-4-5-9(12(13,14)15)8(6-7)10(16)17/h4-6H,1-3H3,(H3,16,17). The summed E-state index contributed by atoms with van der Waals surface area (Å²) in [6, 6.07) is 3.71. The number of hydrogen-bond acceptors (Lipinski definition) is 2. The van der Waals surface area contributed by atoms with E-state index in [0.29, 0.717) is 4.90 Å². The maximum absolute atomic E-state index is 12.7. The third-order valence-corrected chi connectivity index (χ3v) is 3.11. The number of benzene rings is 1. The van der Waals surface area contributed by atoms with Crippen LogP contribution in [0.15, 0.2) is 23.1 Å². The Bertz CT molecular complexity index is 461. The number of halogens is 3. The van der Waals surface area contributed by atoms with Gasteiger partial charge in [0.1, 0.15) is 5.84 Å². The van der Waals surface area contributed by atoms with E-state index >= 15 is 0 Å². The van der Waals surface area contributed by atoms with E-state index in [9.17, 15) is 13.2 Å². The molecule has 18 heavy (non-hydrogen) atoms. The first-order valence-electron chi connectivity index (χ1n) is 5.25. The molecule has 0 saturated carbocycles. The summed E-state index contributed by atoms with van der Waals surface area (Å²) in [5.41, 5.74) is 4.08. The molecule has 6 heteroatoms. The van der Waals surface area contributed by atoms with E-state index in [-0.39, 0.29) is 10.3 Å². The molecule has 1 rings (SSSR count). The second-order valence-electron chi connectivity index (χ2n) is 4.83. The molecule has 1 aromatic rings. The second-order valence-corrected chi connectivity index (χ2v) is 6.73. The normalized spacial score (nSPS) is 12.6. The van der Waals surface area contributed by atoms with Gasteiger partial charge >= 0.3 is 6.18 Å². The molecule has 0 spiro atoms. The summed E-state index contributed by atoms with van der Waals surface area (Å²) in [6.45, 7) is 5.88. The lowest BCUT2D eigenvalue weighted by molar-refractivity contribution is -0.137. The Morgan fingerprint density at radius 3 is 2.17 bits per heavy atom. The lowest BCUT2D eigenvalue weighted by Gasteiger charge is -2.19. The van der Waals surface area contributed by atoms with E-state index in [4.69, 9.17) is 11.1 Å². The summed E-state index contributed by atoms with van der Waals surface area (Å²) >= 11 is 1.43. The summed E-state index contributed by atoms with van der Waals surface area (Å²) in [4.78, 5) is 0.667. The molecule has 0 heterocycles. The summed E-state index contributed by atoms with van der Waals surface area (Å²) in [6.07, 6.45) is -4.49. The number of amidine groups is 1.